The Morgan fingerprint density at radius 1 is 0.714 bits per heavy atom. The lowest BCUT2D eigenvalue weighted by Crippen LogP contribution is -2.06. The van der Waals surface area contributed by atoms with E-state index >= 15 is 0 Å². The minimum Gasteiger partial charge on any atom is -0.0620 e. The second-order valence-corrected chi connectivity index (χ2v) is 3.80. The summed E-state index contributed by atoms with van der Waals surface area (Å²) >= 11 is 0. The molecule has 0 unspecified atom stereocenters. The molecule has 2 aromatic rings. The molecule has 0 radical (unpaired) electrons. The van der Waals surface area contributed by atoms with Crippen molar-refractivity contribution in [2.24, 2.45) is 0 Å². The van der Waals surface area contributed by atoms with Crippen molar-refractivity contribution in [1.29, 1.82) is 0 Å². The van der Waals surface area contributed by atoms with Gasteiger partial charge in [0.25, 0.3) is 0 Å². The average Bonchev–Trinajstić information content (AvgIpc) is 2.27. The van der Waals surface area contributed by atoms with Gasteiger partial charge in [0.1, 0.15) is 0 Å². The molecule has 0 spiro atoms. The van der Waals surface area contributed by atoms with Crippen molar-refractivity contribution < 1.29 is 1.37 Å². The zero-order chi connectivity index (χ0) is 10.3. The van der Waals surface area contributed by atoms with Crippen molar-refractivity contribution in [3.63, 3.8) is 0 Å². The summed E-state index contributed by atoms with van der Waals surface area (Å²) in [4.78, 5) is 0. The highest BCUT2D eigenvalue weighted by Gasteiger charge is 2.12. The third-order valence-corrected chi connectivity index (χ3v) is 2.91. The van der Waals surface area contributed by atoms with Crippen LogP contribution in [0.1, 0.15) is 23.6 Å². The van der Waals surface area contributed by atoms with Crippen LogP contribution in [-0.4, -0.2) is 0 Å². The van der Waals surface area contributed by atoms with Gasteiger partial charge in [0.15, 0.2) is 0 Å². The van der Waals surface area contributed by atoms with Crippen molar-refractivity contribution in [2.45, 2.75) is 12.8 Å². The fourth-order valence-corrected chi connectivity index (χ4v) is 2.13. The molecular formula is C14H12. The first-order chi connectivity index (χ1) is 7.34. The van der Waals surface area contributed by atoms with E-state index in [-0.39, 0.29) is 0 Å². The molecule has 0 heteroatoms. The molecule has 2 aromatic carbocycles. The van der Waals surface area contributed by atoms with Gasteiger partial charge < -0.3 is 0 Å². The standard InChI is InChI=1S/C14H12/c1-2-6-12-10-14-8-4-3-7-13(14)9-11(12)5-1/h1-8H,9-10H2/i5D. The maximum Gasteiger partial charge on any atom is 0.0626 e. The van der Waals surface area contributed by atoms with Gasteiger partial charge in [-0.3, -0.25) is 0 Å². The number of hydrogen-bond acceptors (Lipinski definition) is 0. The molecule has 0 bridgehead atoms. The first kappa shape index (κ1) is 6.83. The Morgan fingerprint density at radius 2 is 1.21 bits per heavy atom. The molecule has 0 saturated heterocycles. The molecule has 68 valence electrons. The van der Waals surface area contributed by atoms with Crippen LogP contribution in [0, 0.1) is 0 Å². The van der Waals surface area contributed by atoms with Crippen LogP contribution in [-0.2, 0) is 12.8 Å². The van der Waals surface area contributed by atoms with Crippen molar-refractivity contribution in [3.05, 3.63) is 70.8 Å². The first-order valence-corrected chi connectivity index (χ1v) is 4.99. The Balaban J connectivity index is 2.15. The zero-order valence-corrected chi connectivity index (χ0v) is 7.96. The molecule has 0 aliphatic heterocycles. The highest BCUT2D eigenvalue weighted by molar-refractivity contribution is 5.44. The van der Waals surface area contributed by atoms with Gasteiger partial charge in [-0.2, -0.15) is 0 Å². The van der Waals surface area contributed by atoms with Crippen molar-refractivity contribution in [1.82, 2.24) is 0 Å². The number of fused-ring (bicyclic) bond motifs is 2. The fourth-order valence-electron chi connectivity index (χ4n) is 2.13. The molecule has 0 N–H and O–H groups in total. The van der Waals surface area contributed by atoms with E-state index in [1.54, 1.807) is 0 Å². The summed E-state index contributed by atoms with van der Waals surface area (Å²) in [6.45, 7) is 0. The Hall–Kier alpha value is -1.56. The third kappa shape index (κ3) is 1.15. The molecule has 0 amide bonds. The van der Waals surface area contributed by atoms with E-state index in [9.17, 15) is 0 Å². The Kier molecular flexibility index (Phi) is 1.46. The lowest BCUT2D eigenvalue weighted by molar-refractivity contribution is 1.00. The molecule has 14 heavy (non-hydrogen) atoms. The maximum absolute atomic E-state index is 7.89. The monoisotopic (exact) mass is 181 g/mol. The van der Waals surface area contributed by atoms with Crippen LogP contribution in [0.15, 0.2) is 48.5 Å². The van der Waals surface area contributed by atoms with Crippen molar-refractivity contribution in [2.75, 3.05) is 0 Å². The summed E-state index contributed by atoms with van der Waals surface area (Å²) < 4.78 is 7.89. The quantitative estimate of drug-likeness (QED) is 0.499. The molecule has 0 aromatic heterocycles. The maximum atomic E-state index is 7.89. The lowest BCUT2D eigenvalue weighted by Gasteiger charge is -2.18. The predicted molar refractivity (Wildman–Crippen MR) is 58.5 cm³/mol. The molecular weight excluding hydrogens is 168 g/mol. The minimum atomic E-state index is 0.682. The van der Waals surface area contributed by atoms with Gasteiger partial charge in [0.2, 0.25) is 0 Å². The lowest BCUT2D eigenvalue weighted by atomic mass is 9.86. The van der Waals surface area contributed by atoms with Gasteiger partial charge in [0, 0.05) is 0 Å². The topological polar surface area (TPSA) is 0 Å². The van der Waals surface area contributed by atoms with E-state index in [2.05, 4.69) is 30.3 Å². The van der Waals surface area contributed by atoms with E-state index in [0.29, 0.717) is 6.04 Å². The molecule has 0 heterocycles. The highest BCUT2D eigenvalue weighted by Crippen LogP contribution is 2.26. The van der Waals surface area contributed by atoms with Crippen LogP contribution in [0.25, 0.3) is 0 Å². The smallest absolute Gasteiger partial charge is 0.0620 e. The Labute approximate surface area is 85.6 Å². The molecule has 0 atom stereocenters. The van der Waals surface area contributed by atoms with E-state index < -0.39 is 0 Å². The van der Waals surface area contributed by atoms with Crippen molar-refractivity contribution in [3.8, 4) is 0 Å². The van der Waals surface area contributed by atoms with Gasteiger partial charge in [-0.15, -0.1) is 0 Å². The number of rotatable bonds is 0. The van der Waals surface area contributed by atoms with Crippen LogP contribution in [0.5, 0.6) is 0 Å². The predicted octanol–water partition coefficient (Wildman–Crippen LogP) is 3.18. The normalized spacial score (nSPS) is 14.1. The van der Waals surface area contributed by atoms with Crippen LogP contribution >= 0.6 is 0 Å². The molecule has 0 nitrogen and oxygen atoms in total. The minimum absolute atomic E-state index is 0.682. The summed E-state index contributed by atoms with van der Waals surface area (Å²) in [6.07, 6.45) is 1.91. The van der Waals surface area contributed by atoms with E-state index in [1.165, 1.54) is 22.3 Å². The van der Waals surface area contributed by atoms with Gasteiger partial charge in [0.05, 0.1) is 1.37 Å². The second-order valence-electron chi connectivity index (χ2n) is 3.80. The molecule has 1 aliphatic carbocycles. The SMILES string of the molecule is [2H]c1cccc2c1Cc1ccccc1C2. The zero-order valence-electron chi connectivity index (χ0n) is 8.96. The Morgan fingerprint density at radius 3 is 1.93 bits per heavy atom. The number of hydrogen-bond donors (Lipinski definition) is 0. The molecule has 0 fully saturated rings. The van der Waals surface area contributed by atoms with Gasteiger partial charge in [-0.1, -0.05) is 48.5 Å². The van der Waals surface area contributed by atoms with Gasteiger partial charge in [-0.05, 0) is 35.1 Å². The van der Waals surface area contributed by atoms with Gasteiger partial charge >= 0.3 is 0 Å². The largest absolute Gasteiger partial charge is 0.0626 e. The summed E-state index contributed by atoms with van der Waals surface area (Å²) in [5, 5.41) is 0. The molecule has 1 aliphatic rings. The summed E-state index contributed by atoms with van der Waals surface area (Å²) in [5.74, 6) is 0. The fraction of sp³-hybridized carbons (Fsp3) is 0.143. The van der Waals surface area contributed by atoms with Crippen molar-refractivity contribution >= 4 is 0 Å². The van der Waals surface area contributed by atoms with E-state index in [0.717, 1.165) is 12.8 Å². The van der Waals surface area contributed by atoms with Crippen LogP contribution in [0.4, 0.5) is 0 Å². The first-order valence-electron chi connectivity index (χ1n) is 5.49. The average molecular weight is 181 g/mol. The molecule has 0 saturated carbocycles. The highest BCUT2D eigenvalue weighted by atomic mass is 14.2. The summed E-state index contributed by atoms with van der Waals surface area (Å²) in [6, 6.07) is 15.2. The third-order valence-electron chi connectivity index (χ3n) is 2.91. The second kappa shape index (κ2) is 2.98. The van der Waals surface area contributed by atoms with Crippen LogP contribution < -0.4 is 0 Å². The van der Waals surface area contributed by atoms with E-state index in [1.807, 2.05) is 12.1 Å². The molecule has 3 rings (SSSR count). The number of benzene rings is 2. The summed E-state index contributed by atoms with van der Waals surface area (Å²) in [7, 11) is 0. The Bertz CT molecular complexity index is 514. The summed E-state index contributed by atoms with van der Waals surface area (Å²) in [5.41, 5.74) is 5.32. The van der Waals surface area contributed by atoms with Gasteiger partial charge in [-0.25, -0.2) is 0 Å². The van der Waals surface area contributed by atoms with E-state index in [4.69, 9.17) is 1.37 Å². The van der Waals surface area contributed by atoms with Crippen LogP contribution in [0.3, 0.4) is 0 Å². The van der Waals surface area contributed by atoms with Crippen LogP contribution in [0.2, 0.25) is 0 Å².